The predicted octanol–water partition coefficient (Wildman–Crippen LogP) is 3.27. The number of hydrogen-bond donors (Lipinski definition) is 0. The van der Waals surface area contributed by atoms with E-state index >= 15 is 0 Å². The molecule has 0 aliphatic rings. The van der Waals surface area contributed by atoms with Crippen molar-refractivity contribution in [2.75, 3.05) is 20.8 Å². The normalized spacial score (nSPS) is 10.4. The highest BCUT2D eigenvalue weighted by Crippen LogP contribution is 2.28. The summed E-state index contributed by atoms with van der Waals surface area (Å²) in [6, 6.07) is 8.93. The molecule has 0 saturated carbocycles. The number of methoxy groups -OCH3 is 1. The van der Waals surface area contributed by atoms with Crippen molar-refractivity contribution in [3.8, 4) is 11.5 Å². The molecule has 0 saturated heterocycles. The maximum absolute atomic E-state index is 12.5. The first-order chi connectivity index (χ1) is 10.5. The third-order valence-corrected chi connectivity index (χ3v) is 3.25. The van der Waals surface area contributed by atoms with E-state index in [-0.39, 0.29) is 5.91 Å². The molecule has 0 radical (unpaired) electrons. The SMILES string of the molecule is CCOc1cc(C(=O)N(C)Cc2ccc(C)o2)ccc1OC. The summed E-state index contributed by atoms with van der Waals surface area (Å²) in [5.41, 5.74) is 0.551. The van der Waals surface area contributed by atoms with Gasteiger partial charge in [0.15, 0.2) is 11.5 Å². The first-order valence-corrected chi connectivity index (χ1v) is 7.16. The van der Waals surface area contributed by atoms with E-state index in [0.29, 0.717) is 30.2 Å². The molecule has 0 atom stereocenters. The van der Waals surface area contributed by atoms with Crippen LogP contribution in [0, 0.1) is 6.92 Å². The Hall–Kier alpha value is -2.43. The number of furan rings is 1. The van der Waals surface area contributed by atoms with E-state index in [4.69, 9.17) is 13.9 Å². The minimum absolute atomic E-state index is 0.0994. The van der Waals surface area contributed by atoms with Crippen LogP contribution < -0.4 is 9.47 Å². The van der Waals surface area contributed by atoms with E-state index in [1.165, 1.54) is 0 Å². The first kappa shape index (κ1) is 15.9. The van der Waals surface area contributed by atoms with Crippen LogP contribution in [-0.2, 0) is 6.54 Å². The monoisotopic (exact) mass is 303 g/mol. The van der Waals surface area contributed by atoms with Crippen molar-refractivity contribution in [3.63, 3.8) is 0 Å². The van der Waals surface area contributed by atoms with Gasteiger partial charge >= 0.3 is 0 Å². The van der Waals surface area contributed by atoms with Gasteiger partial charge in [-0.05, 0) is 44.2 Å². The molecule has 1 amide bonds. The molecule has 0 N–H and O–H groups in total. The van der Waals surface area contributed by atoms with Crippen LogP contribution in [0.1, 0.15) is 28.8 Å². The van der Waals surface area contributed by atoms with Gasteiger partial charge in [0.25, 0.3) is 5.91 Å². The molecule has 1 heterocycles. The maximum Gasteiger partial charge on any atom is 0.254 e. The smallest absolute Gasteiger partial charge is 0.254 e. The summed E-state index contributed by atoms with van der Waals surface area (Å²) in [5, 5.41) is 0. The van der Waals surface area contributed by atoms with E-state index in [9.17, 15) is 4.79 Å². The highest BCUT2D eigenvalue weighted by molar-refractivity contribution is 5.94. The molecule has 22 heavy (non-hydrogen) atoms. The van der Waals surface area contributed by atoms with Crippen molar-refractivity contribution in [2.45, 2.75) is 20.4 Å². The lowest BCUT2D eigenvalue weighted by Crippen LogP contribution is -2.26. The third-order valence-electron chi connectivity index (χ3n) is 3.25. The first-order valence-electron chi connectivity index (χ1n) is 7.16. The zero-order chi connectivity index (χ0) is 16.1. The highest BCUT2D eigenvalue weighted by atomic mass is 16.5. The largest absolute Gasteiger partial charge is 0.493 e. The van der Waals surface area contributed by atoms with Crippen LogP contribution in [-0.4, -0.2) is 31.6 Å². The molecule has 0 bridgehead atoms. The van der Waals surface area contributed by atoms with Crippen molar-refractivity contribution in [1.29, 1.82) is 0 Å². The van der Waals surface area contributed by atoms with Gasteiger partial charge in [-0.1, -0.05) is 0 Å². The maximum atomic E-state index is 12.5. The molecule has 2 aromatic rings. The third kappa shape index (κ3) is 3.61. The summed E-state index contributed by atoms with van der Waals surface area (Å²) in [4.78, 5) is 14.1. The molecular formula is C17H21NO4. The summed E-state index contributed by atoms with van der Waals surface area (Å²) in [5.74, 6) is 2.67. The lowest BCUT2D eigenvalue weighted by molar-refractivity contribution is 0.0774. The highest BCUT2D eigenvalue weighted by Gasteiger charge is 2.16. The molecule has 118 valence electrons. The number of carbonyl (C=O) groups excluding carboxylic acids is 1. The standard InChI is InChI=1S/C17H21NO4/c1-5-21-16-10-13(7-9-15(16)20-4)17(19)18(3)11-14-8-6-12(2)22-14/h6-10H,5,11H2,1-4H3. The predicted molar refractivity (Wildman–Crippen MR) is 83.4 cm³/mol. The number of nitrogens with zero attached hydrogens (tertiary/aromatic N) is 1. The number of aryl methyl sites for hydroxylation is 1. The van der Waals surface area contributed by atoms with Crippen LogP contribution in [0.3, 0.4) is 0 Å². The second-order valence-electron chi connectivity index (χ2n) is 4.97. The molecule has 0 spiro atoms. The molecule has 0 aliphatic heterocycles. The Morgan fingerprint density at radius 3 is 2.59 bits per heavy atom. The molecule has 2 rings (SSSR count). The van der Waals surface area contributed by atoms with E-state index < -0.39 is 0 Å². The Morgan fingerprint density at radius 1 is 1.23 bits per heavy atom. The van der Waals surface area contributed by atoms with Crippen molar-refractivity contribution < 1.29 is 18.7 Å². The Morgan fingerprint density at radius 2 is 2.00 bits per heavy atom. The number of rotatable bonds is 6. The summed E-state index contributed by atoms with van der Waals surface area (Å²) in [7, 11) is 3.31. The number of ether oxygens (including phenoxy) is 2. The lowest BCUT2D eigenvalue weighted by Gasteiger charge is -2.17. The Balaban J connectivity index is 2.15. The second-order valence-corrected chi connectivity index (χ2v) is 4.97. The fraction of sp³-hybridized carbons (Fsp3) is 0.353. The van der Waals surface area contributed by atoms with Crippen molar-refractivity contribution in [1.82, 2.24) is 4.90 Å². The van der Waals surface area contributed by atoms with Crippen LogP contribution in [0.15, 0.2) is 34.7 Å². The van der Waals surface area contributed by atoms with Crippen LogP contribution in [0.4, 0.5) is 0 Å². The van der Waals surface area contributed by atoms with Crippen LogP contribution in [0.25, 0.3) is 0 Å². The topological polar surface area (TPSA) is 51.9 Å². The summed E-state index contributed by atoms with van der Waals surface area (Å²) >= 11 is 0. The van der Waals surface area contributed by atoms with Gasteiger partial charge in [-0.15, -0.1) is 0 Å². The second kappa shape index (κ2) is 7.02. The van der Waals surface area contributed by atoms with Gasteiger partial charge < -0.3 is 18.8 Å². The average Bonchev–Trinajstić information content (AvgIpc) is 2.91. The van der Waals surface area contributed by atoms with Gasteiger partial charge in [0.2, 0.25) is 0 Å². The zero-order valence-electron chi connectivity index (χ0n) is 13.4. The molecule has 0 aliphatic carbocycles. The number of hydrogen-bond acceptors (Lipinski definition) is 4. The van der Waals surface area contributed by atoms with E-state index in [1.807, 2.05) is 26.0 Å². The van der Waals surface area contributed by atoms with Gasteiger partial charge in [-0.3, -0.25) is 4.79 Å². The average molecular weight is 303 g/mol. The fourth-order valence-electron chi connectivity index (χ4n) is 2.17. The van der Waals surface area contributed by atoms with E-state index in [2.05, 4.69) is 0 Å². The minimum atomic E-state index is -0.0994. The van der Waals surface area contributed by atoms with Gasteiger partial charge in [-0.2, -0.15) is 0 Å². The van der Waals surface area contributed by atoms with Gasteiger partial charge in [-0.25, -0.2) is 0 Å². The molecule has 0 fully saturated rings. The van der Waals surface area contributed by atoms with Crippen LogP contribution in [0.2, 0.25) is 0 Å². The molecule has 1 aromatic heterocycles. The number of amides is 1. The number of carbonyl (C=O) groups is 1. The van der Waals surface area contributed by atoms with E-state index in [1.54, 1.807) is 37.3 Å². The fourth-order valence-corrected chi connectivity index (χ4v) is 2.17. The van der Waals surface area contributed by atoms with Gasteiger partial charge in [0, 0.05) is 12.6 Å². The van der Waals surface area contributed by atoms with Gasteiger partial charge in [0.05, 0.1) is 20.3 Å². The minimum Gasteiger partial charge on any atom is -0.493 e. The lowest BCUT2D eigenvalue weighted by atomic mass is 10.1. The van der Waals surface area contributed by atoms with E-state index in [0.717, 1.165) is 11.5 Å². The van der Waals surface area contributed by atoms with Gasteiger partial charge in [0.1, 0.15) is 11.5 Å². The molecule has 5 heteroatoms. The van der Waals surface area contributed by atoms with Crippen molar-refractivity contribution >= 4 is 5.91 Å². The van der Waals surface area contributed by atoms with Crippen LogP contribution >= 0.6 is 0 Å². The van der Waals surface area contributed by atoms with Crippen LogP contribution in [0.5, 0.6) is 11.5 Å². The summed E-state index contributed by atoms with van der Waals surface area (Å²) in [6.45, 7) is 4.70. The van der Waals surface area contributed by atoms with Crippen molar-refractivity contribution in [2.24, 2.45) is 0 Å². The van der Waals surface area contributed by atoms with Crippen molar-refractivity contribution in [3.05, 3.63) is 47.4 Å². The molecular weight excluding hydrogens is 282 g/mol. The summed E-state index contributed by atoms with van der Waals surface area (Å²) < 4.78 is 16.2. The Bertz CT molecular complexity index is 648. The molecule has 0 unspecified atom stereocenters. The number of benzene rings is 1. The Labute approximate surface area is 130 Å². The summed E-state index contributed by atoms with van der Waals surface area (Å²) in [6.07, 6.45) is 0. The Kier molecular flexibility index (Phi) is 5.09. The molecule has 5 nitrogen and oxygen atoms in total. The quantitative estimate of drug-likeness (QED) is 0.822. The molecule has 1 aromatic carbocycles. The zero-order valence-corrected chi connectivity index (χ0v) is 13.4.